The molecule has 3 aromatic carbocycles. The van der Waals surface area contributed by atoms with E-state index >= 15 is 0 Å². The molecule has 1 heterocycles. The number of aliphatic carboxylic acids is 1. The molecule has 5 nitrogen and oxygen atoms in total. The number of hydrogen-bond donors (Lipinski definition) is 1. The van der Waals surface area contributed by atoms with E-state index in [0.29, 0.717) is 24.3 Å². The van der Waals surface area contributed by atoms with E-state index in [0.717, 1.165) is 23.3 Å². The molecule has 4 rings (SSSR count). The van der Waals surface area contributed by atoms with Gasteiger partial charge in [-0.15, -0.1) is 0 Å². The first kappa shape index (κ1) is 25.4. The van der Waals surface area contributed by atoms with Gasteiger partial charge < -0.3 is 14.7 Å². The molecule has 36 heavy (non-hydrogen) atoms. The first-order valence-electron chi connectivity index (χ1n) is 12.3. The zero-order valence-corrected chi connectivity index (χ0v) is 21.0. The van der Waals surface area contributed by atoms with E-state index in [1.807, 2.05) is 6.07 Å². The lowest BCUT2D eigenvalue weighted by Gasteiger charge is -2.24. The number of carbonyl (C=O) groups is 2. The summed E-state index contributed by atoms with van der Waals surface area (Å²) in [6.45, 7) is 6.23. The number of carboxylic acids is 1. The van der Waals surface area contributed by atoms with Crippen LogP contribution in [0.25, 0.3) is 0 Å². The van der Waals surface area contributed by atoms with Crippen molar-refractivity contribution in [3.8, 4) is 5.75 Å². The molecule has 6 heteroatoms. The summed E-state index contributed by atoms with van der Waals surface area (Å²) in [6, 6.07) is 19.9. The molecule has 188 valence electrons. The van der Waals surface area contributed by atoms with Gasteiger partial charge in [0.05, 0.1) is 0 Å². The fraction of sp³-hybridized carbons (Fsp3) is 0.333. The topological polar surface area (TPSA) is 66.8 Å². The quantitative estimate of drug-likeness (QED) is 0.422. The lowest BCUT2D eigenvalue weighted by Crippen LogP contribution is -2.37. The van der Waals surface area contributed by atoms with Crippen LogP contribution in [0.15, 0.2) is 66.7 Å². The maximum Gasteiger partial charge on any atom is 0.323 e. The average Bonchev–Trinajstić information content (AvgIpc) is 3.17. The monoisotopic (exact) mass is 489 g/mol. The van der Waals surface area contributed by atoms with Crippen LogP contribution in [0.1, 0.15) is 59.3 Å². The first-order chi connectivity index (χ1) is 17.1. The highest BCUT2D eigenvalue weighted by Gasteiger charge is 2.35. The molecule has 1 N–H and O–H groups in total. The highest BCUT2D eigenvalue weighted by Crippen LogP contribution is 2.37. The summed E-state index contributed by atoms with van der Waals surface area (Å²) in [5, 5.41) is 9.36. The predicted molar refractivity (Wildman–Crippen MR) is 137 cm³/mol. The van der Waals surface area contributed by atoms with Gasteiger partial charge in [-0.3, -0.25) is 9.59 Å². The van der Waals surface area contributed by atoms with Crippen LogP contribution in [0.5, 0.6) is 5.75 Å². The van der Waals surface area contributed by atoms with Crippen molar-refractivity contribution in [2.24, 2.45) is 0 Å². The maximum absolute atomic E-state index is 13.3. The SMILES string of the molecule is CC(C)c1ccc(C[C@]2(C)Cc3cc(C(=O)N(CCc4ccc(F)cc4)CC(=O)O)ccc3O2)cc1. The molecule has 1 atom stereocenters. The van der Waals surface area contributed by atoms with Crippen molar-refractivity contribution in [1.29, 1.82) is 0 Å². The number of fused-ring (bicyclic) bond motifs is 1. The van der Waals surface area contributed by atoms with Crippen molar-refractivity contribution in [3.05, 3.63) is 100 Å². The van der Waals surface area contributed by atoms with Gasteiger partial charge in [-0.25, -0.2) is 4.39 Å². The average molecular weight is 490 g/mol. The van der Waals surface area contributed by atoms with Crippen LogP contribution < -0.4 is 4.74 Å². The van der Waals surface area contributed by atoms with Crippen LogP contribution in [0.3, 0.4) is 0 Å². The zero-order valence-electron chi connectivity index (χ0n) is 21.0. The Hall–Kier alpha value is -3.67. The summed E-state index contributed by atoms with van der Waals surface area (Å²) in [7, 11) is 0. The Bertz CT molecular complexity index is 1240. The molecule has 1 amide bonds. The Morgan fingerprint density at radius 1 is 1.03 bits per heavy atom. The zero-order chi connectivity index (χ0) is 25.9. The number of halogens is 1. The Morgan fingerprint density at radius 2 is 1.69 bits per heavy atom. The second kappa shape index (κ2) is 10.5. The number of carbonyl (C=O) groups excluding carboxylic acids is 1. The van der Waals surface area contributed by atoms with Gasteiger partial charge in [0.15, 0.2) is 0 Å². The third kappa shape index (κ3) is 6.11. The fourth-order valence-electron chi connectivity index (χ4n) is 4.72. The lowest BCUT2D eigenvalue weighted by atomic mass is 9.90. The molecule has 0 saturated carbocycles. The van der Waals surface area contributed by atoms with E-state index < -0.39 is 18.1 Å². The molecule has 0 aliphatic carbocycles. The molecule has 0 bridgehead atoms. The van der Waals surface area contributed by atoms with Crippen LogP contribution in [0.2, 0.25) is 0 Å². The van der Waals surface area contributed by atoms with Gasteiger partial charge in [-0.05, 0) is 71.8 Å². The van der Waals surface area contributed by atoms with Crippen molar-refractivity contribution >= 4 is 11.9 Å². The summed E-state index contributed by atoms with van der Waals surface area (Å²) in [5.41, 5.74) is 4.28. The number of benzene rings is 3. The lowest BCUT2D eigenvalue weighted by molar-refractivity contribution is -0.137. The predicted octanol–water partition coefficient (Wildman–Crippen LogP) is 5.65. The smallest absolute Gasteiger partial charge is 0.323 e. The molecule has 0 unspecified atom stereocenters. The van der Waals surface area contributed by atoms with Crippen LogP contribution >= 0.6 is 0 Å². The molecular formula is C30H32FNO4. The summed E-state index contributed by atoms with van der Waals surface area (Å²) in [6.07, 6.45) is 1.83. The standard InChI is InChI=1S/C30H32FNO4/c1-20(2)23-8-4-22(5-9-23)17-30(3)18-25-16-24(10-13-27(25)36-30)29(35)32(19-28(33)34)15-14-21-6-11-26(31)12-7-21/h4-13,16,20H,14-15,17-19H2,1-3H3,(H,33,34)/t30-/m1/s1. The van der Waals surface area contributed by atoms with Gasteiger partial charge in [-0.2, -0.15) is 0 Å². The largest absolute Gasteiger partial charge is 0.487 e. The number of amides is 1. The van der Waals surface area contributed by atoms with Crippen molar-refractivity contribution in [1.82, 2.24) is 4.90 Å². The third-order valence-corrected chi connectivity index (χ3v) is 6.65. The van der Waals surface area contributed by atoms with Gasteiger partial charge >= 0.3 is 5.97 Å². The number of ether oxygens (including phenoxy) is 1. The minimum Gasteiger partial charge on any atom is -0.487 e. The van der Waals surface area contributed by atoms with Crippen molar-refractivity contribution < 1.29 is 23.8 Å². The molecule has 0 aromatic heterocycles. The van der Waals surface area contributed by atoms with E-state index in [4.69, 9.17) is 4.74 Å². The molecule has 0 spiro atoms. The van der Waals surface area contributed by atoms with E-state index in [1.165, 1.54) is 28.2 Å². The molecule has 1 aliphatic heterocycles. The van der Waals surface area contributed by atoms with Crippen molar-refractivity contribution in [2.75, 3.05) is 13.1 Å². The van der Waals surface area contributed by atoms with Gasteiger partial charge in [-0.1, -0.05) is 50.2 Å². The van der Waals surface area contributed by atoms with Gasteiger partial charge in [0.1, 0.15) is 23.7 Å². The number of hydrogen-bond acceptors (Lipinski definition) is 3. The summed E-state index contributed by atoms with van der Waals surface area (Å²) < 4.78 is 19.5. The van der Waals surface area contributed by atoms with Gasteiger partial charge in [0.2, 0.25) is 0 Å². The minimum absolute atomic E-state index is 0.217. The van der Waals surface area contributed by atoms with E-state index in [9.17, 15) is 19.1 Å². The first-order valence-corrected chi connectivity index (χ1v) is 12.3. The Kier molecular flexibility index (Phi) is 7.43. The van der Waals surface area contributed by atoms with Crippen LogP contribution in [-0.2, 0) is 24.1 Å². The number of rotatable bonds is 9. The van der Waals surface area contributed by atoms with E-state index in [2.05, 4.69) is 45.0 Å². The molecular weight excluding hydrogens is 457 g/mol. The number of carboxylic acid groups (broad SMARTS) is 1. The van der Waals surface area contributed by atoms with E-state index in [-0.39, 0.29) is 18.3 Å². The molecule has 0 radical (unpaired) electrons. The maximum atomic E-state index is 13.3. The summed E-state index contributed by atoms with van der Waals surface area (Å²) in [4.78, 5) is 26.0. The highest BCUT2D eigenvalue weighted by molar-refractivity contribution is 5.96. The van der Waals surface area contributed by atoms with Gasteiger partial charge in [0, 0.05) is 24.9 Å². The fourth-order valence-corrected chi connectivity index (χ4v) is 4.72. The van der Waals surface area contributed by atoms with Crippen LogP contribution in [0.4, 0.5) is 4.39 Å². The second-order valence-electron chi connectivity index (χ2n) is 10.1. The minimum atomic E-state index is -1.08. The van der Waals surface area contributed by atoms with Crippen molar-refractivity contribution in [2.45, 2.75) is 51.6 Å². The van der Waals surface area contributed by atoms with E-state index in [1.54, 1.807) is 24.3 Å². The second-order valence-corrected chi connectivity index (χ2v) is 10.1. The van der Waals surface area contributed by atoms with Crippen LogP contribution in [-0.4, -0.2) is 40.6 Å². The summed E-state index contributed by atoms with van der Waals surface area (Å²) >= 11 is 0. The Labute approximate surface area is 211 Å². The van der Waals surface area contributed by atoms with Gasteiger partial charge in [0.25, 0.3) is 5.91 Å². The molecule has 1 aliphatic rings. The van der Waals surface area contributed by atoms with Crippen LogP contribution in [0, 0.1) is 5.82 Å². The Balaban J connectivity index is 1.46. The van der Waals surface area contributed by atoms with Crippen molar-refractivity contribution in [3.63, 3.8) is 0 Å². The summed E-state index contributed by atoms with van der Waals surface area (Å²) in [5.74, 6) is -0.529. The normalized spacial score (nSPS) is 16.5. The Morgan fingerprint density at radius 3 is 2.33 bits per heavy atom. The third-order valence-electron chi connectivity index (χ3n) is 6.65. The highest BCUT2D eigenvalue weighted by atomic mass is 19.1. The number of nitrogens with zero attached hydrogens (tertiary/aromatic N) is 1. The molecule has 3 aromatic rings. The molecule has 0 fully saturated rings. The molecule has 0 saturated heterocycles.